The van der Waals surface area contributed by atoms with Crippen molar-refractivity contribution in [2.75, 3.05) is 13.2 Å². The SMILES string of the molecule is ON=Cc1ccccc1OCCOc1ccc(F)cc1. The molecule has 0 amide bonds. The van der Waals surface area contributed by atoms with Gasteiger partial charge in [-0.05, 0) is 36.4 Å². The van der Waals surface area contributed by atoms with Crippen LogP contribution in [0.4, 0.5) is 4.39 Å². The number of para-hydroxylation sites is 1. The smallest absolute Gasteiger partial charge is 0.128 e. The van der Waals surface area contributed by atoms with E-state index in [0.717, 1.165) is 0 Å². The molecule has 0 aliphatic rings. The van der Waals surface area contributed by atoms with E-state index in [1.54, 1.807) is 24.3 Å². The highest BCUT2D eigenvalue weighted by molar-refractivity contribution is 5.82. The van der Waals surface area contributed by atoms with Gasteiger partial charge in [-0.1, -0.05) is 17.3 Å². The Morgan fingerprint density at radius 3 is 2.45 bits per heavy atom. The standard InChI is InChI=1S/C15H14FNO3/c16-13-5-7-14(8-6-13)19-9-10-20-15-4-2-1-3-12(15)11-17-18/h1-8,11,18H,9-10H2. The first-order valence-corrected chi connectivity index (χ1v) is 6.07. The van der Waals surface area contributed by atoms with Crippen molar-refractivity contribution >= 4 is 6.21 Å². The Balaban J connectivity index is 1.83. The van der Waals surface area contributed by atoms with Crippen LogP contribution >= 0.6 is 0 Å². The Morgan fingerprint density at radius 1 is 1.00 bits per heavy atom. The lowest BCUT2D eigenvalue weighted by molar-refractivity contribution is 0.217. The predicted molar refractivity (Wildman–Crippen MR) is 73.2 cm³/mol. The van der Waals surface area contributed by atoms with Gasteiger partial charge in [0.15, 0.2) is 0 Å². The maximum atomic E-state index is 12.7. The third-order valence-electron chi connectivity index (χ3n) is 2.54. The summed E-state index contributed by atoms with van der Waals surface area (Å²) < 4.78 is 23.6. The summed E-state index contributed by atoms with van der Waals surface area (Å²) in [5.74, 6) is 0.888. The molecule has 0 fully saturated rings. The topological polar surface area (TPSA) is 51.1 Å². The zero-order valence-electron chi connectivity index (χ0n) is 10.7. The third kappa shape index (κ3) is 3.98. The van der Waals surface area contributed by atoms with E-state index in [1.165, 1.54) is 18.3 Å². The van der Waals surface area contributed by atoms with Gasteiger partial charge < -0.3 is 14.7 Å². The summed E-state index contributed by atoms with van der Waals surface area (Å²) in [4.78, 5) is 0. The second-order valence-corrected chi connectivity index (χ2v) is 3.93. The van der Waals surface area contributed by atoms with Crippen molar-refractivity contribution < 1.29 is 19.1 Å². The summed E-state index contributed by atoms with van der Waals surface area (Å²) in [5.41, 5.74) is 0.678. The molecule has 0 aromatic heterocycles. The van der Waals surface area contributed by atoms with Crippen molar-refractivity contribution in [2.24, 2.45) is 5.16 Å². The second-order valence-electron chi connectivity index (χ2n) is 3.93. The number of benzene rings is 2. The van der Waals surface area contributed by atoms with Crippen molar-refractivity contribution in [1.29, 1.82) is 0 Å². The molecular formula is C15H14FNO3. The van der Waals surface area contributed by atoms with Gasteiger partial charge >= 0.3 is 0 Å². The van der Waals surface area contributed by atoms with E-state index < -0.39 is 0 Å². The van der Waals surface area contributed by atoms with Crippen molar-refractivity contribution in [2.45, 2.75) is 0 Å². The van der Waals surface area contributed by atoms with Crippen LogP contribution in [0.1, 0.15) is 5.56 Å². The van der Waals surface area contributed by atoms with Crippen LogP contribution in [0.3, 0.4) is 0 Å². The van der Waals surface area contributed by atoms with Crippen LogP contribution in [0.5, 0.6) is 11.5 Å². The fraction of sp³-hybridized carbons (Fsp3) is 0.133. The van der Waals surface area contributed by atoms with Gasteiger partial charge in [-0.15, -0.1) is 0 Å². The maximum Gasteiger partial charge on any atom is 0.128 e. The minimum Gasteiger partial charge on any atom is -0.490 e. The van der Waals surface area contributed by atoms with Crippen LogP contribution < -0.4 is 9.47 Å². The molecule has 0 atom stereocenters. The molecule has 0 saturated heterocycles. The number of ether oxygens (including phenoxy) is 2. The first-order valence-electron chi connectivity index (χ1n) is 6.07. The number of nitrogens with zero attached hydrogens (tertiary/aromatic N) is 1. The predicted octanol–water partition coefficient (Wildman–Crippen LogP) is 3.09. The molecule has 2 rings (SSSR count). The molecule has 104 valence electrons. The molecule has 4 nitrogen and oxygen atoms in total. The first-order chi connectivity index (χ1) is 9.79. The number of halogens is 1. The van der Waals surface area contributed by atoms with Crippen LogP contribution in [0.25, 0.3) is 0 Å². The van der Waals surface area contributed by atoms with Crippen molar-refractivity contribution in [3.63, 3.8) is 0 Å². The second kappa shape index (κ2) is 7.13. The van der Waals surface area contributed by atoms with Crippen LogP contribution in [0.15, 0.2) is 53.7 Å². The van der Waals surface area contributed by atoms with Crippen LogP contribution in [0.2, 0.25) is 0 Å². The van der Waals surface area contributed by atoms with Crippen LogP contribution in [-0.2, 0) is 0 Å². The largest absolute Gasteiger partial charge is 0.490 e. The lowest BCUT2D eigenvalue weighted by atomic mass is 10.2. The normalized spacial score (nSPS) is 10.7. The van der Waals surface area contributed by atoms with Gasteiger partial charge in [-0.3, -0.25) is 0 Å². The summed E-state index contributed by atoms with van der Waals surface area (Å²) >= 11 is 0. The summed E-state index contributed by atoms with van der Waals surface area (Å²) in [6.07, 6.45) is 1.30. The third-order valence-corrected chi connectivity index (χ3v) is 2.54. The average Bonchev–Trinajstić information content (AvgIpc) is 2.47. The molecule has 5 heteroatoms. The van der Waals surface area contributed by atoms with E-state index in [2.05, 4.69) is 5.16 Å². The van der Waals surface area contributed by atoms with Gasteiger partial charge in [0.1, 0.15) is 30.5 Å². The molecule has 0 unspecified atom stereocenters. The summed E-state index contributed by atoms with van der Waals surface area (Å²) in [6.45, 7) is 0.657. The molecule has 2 aromatic carbocycles. The van der Waals surface area contributed by atoms with Crippen molar-refractivity contribution in [1.82, 2.24) is 0 Å². The quantitative estimate of drug-likeness (QED) is 0.381. The molecule has 0 radical (unpaired) electrons. The van der Waals surface area contributed by atoms with Gasteiger partial charge in [-0.2, -0.15) is 0 Å². The lowest BCUT2D eigenvalue weighted by Gasteiger charge is -2.10. The van der Waals surface area contributed by atoms with Gasteiger partial charge in [0.2, 0.25) is 0 Å². The van der Waals surface area contributed by atoms with Crippen molar-refractivity contribution in [3.8, 4) is 11.5 Å². The number of rotatable bonds is 6. The van der Waals surface area contributed by atoms with E-state index in [1.807, 2.05) is 12.1 Å². The van der Waals surface area contributed by atoms with E-state index in [-0.39, 0.29) is 5.82 Å². The first kappa shape index (κ1) is 13.9. The average molecular weight is 275 g/mol. The Hall–Kier alpha value is -2.56. The highest BCUT2D eigenvalue weighted by atomic mass is 19.1. The van der Waals surface area contributed by atoms with Gasteiger partial charge in [0.25, 0.3) is 0 Å². The maximum absolute atomic E-state index is 12.7. The Morgan fingerprint density at radius 2 is 1.70 bits per heavy atom. The molecule has 0 aliphatic heterocycles. The van der Waals surface area contributed by atoms with E-state index >= 15 is 0 Å². The van der Waals surface area contributed by atoms with E-state index in [9.17, 15) is 4.39 Å². The molecule has 0 bridgehead atoms. The minimum absolute atomic E-state index is 0.300. The zero-order chi connectivity index (χ0) is 14.2. The number of hydrogen-bond acceptors (Lipinski definition) is 4. The van der Waals surface area contributed by atoms with Gasteiger partial charge in [-0.25, -0.2) is 4.39 Å². The lowest BCUT2D eigenvalue weighted by Crippen LogP contribution is -2.09. The molecule has 0 heterocycles. The molecule has 2 aromatic rings. The Bertz CT molecular complexity index is 570. The number of oxime groups is 1. The Labute approximate surface area is 116 Å². The molecular weight excluding hydrogens is 261 g/mol. The van der Waals surface area contributed by atoms with Gasteiger partial charge in [0.05, 0.1) is 6.21 Å². The van der Waals surface area contributed by atoms with Crippen LogP contribution in [-0.4, -0.2) is 24.6 Å². The molecule has 1 N–H and O–H groups in total. The monoisotopic (exact) mass is 275 g/mol. The van der Waals surface area contributed by atoms with E-state index in [4.69, 9.17) is 14.7 Å². The van der Waals surface area contributed by atoms with Crippen molar-refractivity contribution in [3.05, 3.63) is 59.9 Å². The fourth-order valence-corrected chi connectivity index (χ4v) is 1.62. The highest BCUT2D eigenvalue weighted by Gasteiger charge is 2.01. The highest BCUT2D eigenvalue weighted by Crippen LogP contribution is 2.16. The van der Waals surface area contributed by atoms with Crippen LogP contribution in [0, 0.1) is 5.82 Å². The summed E-state index contributed by atoms with van der Waals surface area (Å²) in [5, 5.41) is 11.5. The summed E-state index contributed by atoms with van der Waals surface area (Å²) in [7, 11) is 0. The molecule has 20 heavy (non-hydrogen) atoms. The number of hydrogen-bond donors (Lipinski definition) is 1. The fourth-order valence-electron chi connectivity index (χ4n) is 1.62. The Kier molecular flexibility index (Phi) is 4.94. The zero-order valence-corrected chi connectivity index (χ0v) is 10.7. The molecule has 0 saturated carbocycles. The van der Waals surface area contributed by atoms with Gasteiger partial charge in [0, 0.05) is 5.56 Å². The van der Waals surface area contributed by atoms with E-state index in [0.29, 0.717) is 30.3 Å². The molecule has 0 aliphatic carbocycles. The molecule has 0 spiro atoms. The minimum atomic E-state index is -0.300. The summed E-state index contributed by atoms with van der Waals surface area (Å²) in [6, 6.07) is 13.0.